The standard InChI is InChI=1S/C17H15ClN4O5S2/c1-28(24,25)14-3-4-16(19-9-14)22-10-11(8-20-22)17(23)21-13-5-12(18)6-15(7-13)29(2,26)27/h3-10H,1-2H3,(H,21,23). The number of sulfone groups is 2. The molecule has 3 rings (SSSR count). The molecule has 0 spiro atoms. The number of amides is 1. The van der Waals surface area contributed by atoms with Crippen molar-refractivity contribution in [3.8, 4) is 5.82 Å². The van der Waals surface area contributed by atoms with Gasteiger partial charge < -0.3 is 5.32 Å². The molecular formula is C17H15ClN4O5S2. The van der Waals surface area contributed by atoms with Gasteiger partial charge in [-0.15, -0.1) is 0 Å². The Kier molecular flexibility index (Phi) is 5.48. The van der Waals surface area contributed by atoms with Crippen LogP contribution in [0.4, 0.5) is 5.69 Å². The monoisotopic (exact) mass is 454 g/mol. The third-order valence-corrected chi connectivity index (χ3v) is 6.19. The fourth-order valence-electron chi connectivity index (χ4n) is 2.34. The molecule has 0 unspecified atom stereocenters. The minimum Gasteiger partial charge on any atom is -0.322 e. The normalized spacial score (nSPS) is 12.0. The van der Waals surface area contributed by atoms with Crippen LogP contribution < -0.4 is 5.32 Å². The Morgan fingerprint density at radius 3 is 2.28 bits per heavy atom. The first kappa shape index (κ1) is 21.0. The lowest BCUT2D eigenvalue weighted by Crippen LogP contribution is -2.12. The van der Waals surface area contributed by atoms with Crippen LogP contribution in [0, 0.1) is 0 Å². The summed E-state index contributed by atoms with van der Waals surface area (Å²) in [6.45, 7) is 0. The zero-order valence-corrected chi connectivity index (χ0v) is 17.6. The third-order valence-electron chi connectivity index (χ3n) is 3.79. The van der Waals surface area contributed by atoms with Crippen LogP contribution in [0.15, 0.2) is 58.7 Å². The highest BCUT2D eigenvalue weighted by atomic mass is 35.5. The number of benzene rings is 1. The van der Waals surface area contributed by atoms with E-state index in [4.69, 9.17) is 11.6 Å². The summed E-state index contributed by atoms with van der Waals surface area (Å²) in [5.41, 5.74) is 0.395. The molecule has 12 heteroatoms. The van der Waals surface area contributed by atoms with Crippen LogP contribution in [-0.2, 0) is 19.7 Å². The Hall–Kier alpha value is -2.76. The SMILES string of the molecule is CS(=O)(=O)c1ccc(-n2cc(C(=O)Nc3cc(Cl)cc(S(C)(=O)=O)c3)cn2)nc1. The summed E-state index contributed by atoms with van der Waals surface area (Å²) in [5, 5.41) is 6.76. The maximum Gasteiger partial charge on any atom is 0.258 e. The molecule has 152 valence electrons. The molecule has 9 nitrogen and oxygen atoms in total. The number of hydrogen-bond donors (Lipinski definition) is 1. The maximum atomic E-state index is 12.5. The highest BCUT2D eigenvalue weighted by Crippen LogP contribution is 2.23. The summed E-state index contributed by atoms with van der Waals surface area (Å²) in [6.07, 6.45) is 6.01. The molecular weight excluding hydrogens is 440 g/mol. The smallest absolute Gasteiger partial charge is 0.258 e. The van der Waals surface area contributed by atoms with E-state index < -0.39 is 25.6 Å². The quantitative estimate of drug-likeness (QED) is 0.624. The second kappa shape index (κ2) is 7.58. The number of nitrogens with one attached hydrogen (secondary N) is 1. The van der Waals surface area contributed by atoms with Crippen LogP contribution in [0.1, 0.15) is 10.4 Å². The van der Waals surface area contributed by atoms with Crippen LogP contribution in [0.2, 0.25) is 5.02 Å². The summed E-state index contributed by atoms with van der Waals surface area (Å²) in [6, 6.07) is 6.85. The molecule has 2 aromatic heterocycles. The number of nitrogens with zero attached hydrogens (tertiary/aromatic N) is 3. The van der Waals surface area contributed by atoms with Crippen LogP contribution in [0.3, 0.4) is 0 Å². The van der Waals surface area contributed by atoms with Gasteiger partial charge in [0.15, 0.2) is 25.5 Å². The van der Waals surface area contributed by atoms with E-state index in [1.54, 1.807) is 0 Å². The first-order chi connectivity index (χ1) is 13.4. The van der Waals surface area contributed by atoms with Crippen molar-refractivity contribution in [2.24, 2.45) is 0 Å². The largest absolute Gasteiger partial charge is 0.322 e. The zero-order chi connectivity index (χ0) is 21.4. The van der Waals surface area contributed by atoms with E-state index in [2.05, 4.69) is 15.4 Å². The van der Waals surface area contributed by atoms with Crippen molar-refractivity contribution >= 4 is 42.9 Å². The van der Waals surface area contributed by atoms with Gasteiger partial charge in [0.2, 0.25) is 0 Å². The molecule has 0 radical (unpaired) electrons. The molecule has 0 bridgehead atoms. The van der Waals surface area contributed by atoms with Crippen molar-refractivity contribution in [1.29, 1.82) is 0 Å². The highest BCUT2D eigenvalue weighted by molar-refractivity contribution is 7.91. The van der Waals surface area contributed by atoms with Gasteiger partial charge in [-0.2, -0.15) is 5.10 Å². The van der Waals surface area contributed by atoms with E-state index in [1.165, 1.54) is 53.6 Å². The average molecular weight is 455 g/mol. The Bertz CT molecular complexity index is 1300. The highest BCUT2D eigenvalue weighted by Gasteiger charge is 2.14. The number of rotatable bonds is 5. The number of aromatic nitrogens is 3. The molecule has 0 aliphatic rings. The lowest BCUT2D eigenvalue weighted by atomic mass is 10.3. The van der Waals surface area contributed by atoms with Gasteiger partial charge in [0.1, 0.15) is 0 Å². The molecule has 0 saturated carbocycles. The fourth-order valence-corrected chi connectivity index (χ4v) is 3.89. The molecule has 3 aromatic rings. The minimum absolute atomic E-state index is 0.0221. The van der Waals surface area contributed by atoms with E-state index in [0.717, 1.165) is 12.5 Å². The molecule has 0 aliphatic heterocycles. The summed E-state index contributed by atoms with van der Waals surface area (Å²) >= 11 is 5.93. The second-order valence-electron chi connectivity index (χ2n) is 6.20. The van der Waals surface area contributed by atoms with Crippen molar-refractivity contribution in [2.45, 2.75) is 9.79 Å². The first-order valence-electron chi connectivity index (χ1n) is 7.97. The molecule has 1 amide bonds. The Labute approximate surface area is 172 Å². The molecule has 29 heavy (non-hydrogen) atoms. The van der Waals surface area contributed by atoms with E-state index in [9.17, 15) is 21.6 Å². The van der Waals surface area contributed by atoms with Crippen molar-refractivity contribution in [2.75, 3.05) is 17.8 Å². The number of halogens is 1. The Morgan fingerprint density at radius 2 is 1.69 bits per heavy atom. The molecule has 0 fully saturated rings. The van der Waals surface area contributed by atoms with E-state index in [-0.39, 0.29) is 26.1 Å². The minimum atomic E-state index is -3.50. The van der Waals surface area contributed by atoms with E-state index in [1.807, 2.05) is 0 Å². The predicted molar refractivity (Wildman–Crippen MR) is 107 cm³/mol. The molecule has 1 N–H and O–H groups in total. The number of carbonyl (C=O) groups excluding carboxylic acids is 1. The van der Waals surface area contributed by atoms with Crippen molar-refractivity contribution < 1.29 is 21.6 Å². The summed E-state index contributed by atoms with van der Waals surface area (Å²) < 4.78 is 47.7. The van der Waals surface area contributed by atoms with Gasteiger partial charge in [0.05, 0.1) is 21.6 Å². The molecule has 0 saturated heterocycles. The van der Waals surface area contributed by atoms with Gasteiger partial charge in [-0.25, -0.2) is 26.5 Å². The van der Waals surface area contributed by atoms with Gasteiger partial charge in [0.25, 0.3) is 5.91 Å². The van der Waals surface area contributed by atoms with Crippen molar-refractivity contribution in [3.63, 3.8) is 0 Å². The van der Waals surface area contributed by atoms with Crippen LogP contribution >= 0.6 is 11.6 Å². The topological polar surface area (TPSA) is 128 Å². The lowest BCUT2D eigenvalue weighted by molar-refractivity contribution is 0.102. The van der Waals surface area contributed by atoms with E-state index >= 15 is 0 Å². The van der Waals surface area contributed by atoms with Gasteiger partial charge in [0, 0.05) is 35.6 Å². The van der Waals surface area contributed by atoms with Gasteiger partial charge >= 0.3 is 0 Å². The van der Waals surface area contributed by atoms with Crippen LogP contribution in [0.25, 0.3) is 5.82 Å². The Morgan fingerprint density at radius 1 is 1.00 bits per heavy atom. The van der Waals surface area contributed by atoms with E-state index in [0.29, 0.717) is 5.82 Å². The number of hydrogen-bond acceptors (Lipinski definition) is 7. The molecule has 1 aromatic carbocycles. The van der Waals surface area contributed by atoms with Gasteiger partial charge in [-0.1, -0.05) is 11.6 Å². The van der Waals surface area contributed by atoms with Crippen LogP contribution in [0.5, 0.6) is 0 Å². The lowest BCUT2D eigenvalue weighted by Gasteiger charge is -2.07. The molecule has 0 atom stereocenters. The first-order valence-corrected chi connectivity index (χ1v) is 12.1. The average Bonchev–Trinajstić information content (AvgIpc) is 3.10. The molecule has 2 heterocycles. The summed E-state index contributed by atoms with van der Waals surface area (Å²) in [4.78, 5) is 16.5. The van der Waals surface area contributed by atoms with Crippen molar-refractivity contribution in [3.05, 3.63) is 59.5 Å². The number of carbonyl (C=O) groups is 1. The summed E-state index contributed by atoms with van der Waals surface area (Å²) in [7, 11) is -6.87. The fraction of sp³-hybridized carbons (Fsp3) is 0.118. The third kappa shape index (κ3) is 5.00. The second-order valence-corrected chi connectivity index (χ2v) is 10.7. The number of pyridine rings is 1. The van der Waals surface area contributed by atoms with Crippen LogP contribution in [-0.4, -0.2) is 50.0 Å². The summed E-state index contributed by atoms with van der Waals surface area (Å²) in [5.74, 6) is -0.218. The Balaban J connectivity index is 1.82. The zero-order valence-electron chi connectivity index (χ0n) is 15.2. The maximum absolute atomic E-state index is 12.5. The van der Waals surface area contributed by atoms with Crippen molar-refractivity contribution in [1.82, 2.24) is 14.8 Å². The van der Waals surface area contributed by atoms with Gasteiger partial charge in [-0.05, 0) is 30.3 Å². The number of anilines is 1. The molecule has 0 aliphatic carbocycles. The predicted octanol–water partition coefficient (Wildman–Crippen LogP) is 1.98. The van der Waals surface area contributed by atoms with Gasteiger partial charge in [-0.3, -0.25) is 4.79 Å².